The number of benzene rings is 3. The highest BCUT2D eigenvalue weighted by Gasteiger charge is 2.27. The topological polar surface area (TPSA) is 126 Å². The average molecular weight is 629 g/mol. The first kappa shape index (κ1) is 27.1. The number of hydrogen-bond acceptors (Lipinski definition) is 8. The number of amides is 1. The molecule has 3 aromatic carbocycles. The Morgan fingerprint density at radius 1 is 1.05 bits per heavy atom. The molecule has 10 nitrogen and oxygen atoms in total. The Hall–Kier alpha value is -3.52. The molecule has 1 fully saturated rings. The number of aromatic nitrogens is 1. The molecular formula is C26H22BrN5O5S2. The molecule has 39 heavy (non-hydrogen) atoms. The Balaban J connectivity index is 1.47. The second kappa shape index (κ2) is 11.3. The maximum atomic E-state index is 13.6. The van der Waals surface area contributed by atoms with E-state index in [1.807, 2.05) is 18.2 Å². The Morgan fingerprint density at radius 3 is 2.41 bits per heavy atom. The van der Waals surface area contributed by atoms with Gasteiger partial charge in [0.1, 0.15) is 0 Å². The number of carbonyl (C=O) groups excluding carboxylic acids is 1. The number of carbonyl (C=O) groups is 1. The van der Waals surface area contributed by atoms with E-state index in [9.17, 15) is 23.3 Å². The molecule has 1 aliphatic heterocycles. The van der Waals surface area contributed by atoms with Crippen LogP contribution in [-0.4, -0.2) is 47.8 Å². The number of nitrogens with zero attached hydrogens (tertiary/aromatic N) is 5. The number of anilines is 1. The van der Waals surface area contributed by atoms with Gasteiger partial charge in [0, 0.05) is 35.3 Å². The lowest BCUT2D eigenvalue weighted by Crippen LogP contribution is -2.35. The predicted molar refractivity (Wildman–Crippen MR) is 154 cm³/mol. The number of fused-ring (bicyclic) bond motifs is 1. The molecule has 0 unspecified atom stereocenters. The summed E-state index contributed by atoms with van der Waals surface area (Å²) in [5.41, 5.74) is 1.40. The zero-order chi connectivity index (χ0) is 27.6. The summed E-state index contributed by atoms with van der Waals surface area (Å²) < 4.78 is 29.2. The third-order valence-corrected chi connectivity index (χ3v) is 9.59. The zero-order valence-corrected chi connectivity index (χ0v) is 23.7. The lowest BCUT2D eigenvalue weighted by molar-refractivity contribution is -0.384. The standard InChI is InChI=1S/C26H22BrN5O5S2/c27-20-8-13-23-24(16-20)38-26(29-23)31(28-17-18-4-9-21(10-5-18)32(34)35)25(33)19-6-11-22(12-7-19)39(36,37)30-14-2-1-3-15-30/h4-13,16-17H,1-3,14-15H2/b28-17+. The number of hydrazone groups is 1. The molecule has 200 valence electrons. The number of nitro benzene ring substituents is 1. The predicted octanol–water partition coefficient (Wildman–Crippen LogP) is 5.82. The maximum Gasteiger partial charge on any atom is 0.280 e. The van der Waals surface area contributed by atoms with Crippen molar-refractivity contribution in [1.29, 1.82) is 0 Å². The van der Waals surface area contributed by atoms with E-state index in [0.717, 1.165) is 33.4 Å². The minimum Gasteiger partial charge on any atom is -0.267 e. The van der Waals surface area contributed by atoms with Gasteiger partial charge in [-0.25, -0.2) is 13.4 Å². The molecule has 0 spiro atoms. The van der Waals surface area contributed by atoms with Crippen molar-refractivity contribution in [3.8, 4) is 0 Å². The van der Waals surface area contributed by atoms with Crippen molar-refractivity contribution >= 4 is 70.4 Å². The summed E-state index contributed by atoms with van der Waals surface area (Å²) in [7, 11) is -3.64. The SMILES string of the molecule is O=C(c1ccc(S(=O)(=O)N2CCCCC2)cc1)N(/N=C/c1ccc([N+](=O)[O-])cc1)c1nc2ccc(Br)cc2s1. The van der Waals surface area contributed by atoms with Gasteiger partial charge in [-0.1, -0.05) is 33.7 Å². The monoisotopic (exact) mass is 627 g/mol. The zero-order valence-electron chi connectivity index (χ0n) is 20.4. The van der Waals surface area contributed by atoms with Crippen molar-refractivity contribution in [3.05, 3.63) is 92.4 Å². The van der Waals surface area contributed by atoms with Crippen molar-refractivity contribution in [2.24, 2.45) is 5.10 Å². The molecule has 1 saturated heterocycles. The molecule has 0 saturated carbocycles. The highest BCUT2D eigenvalue weighted by molar-refractivity contribution is 9.10. The quantitative estimate of drug-likeness (QED) is 0.144. The molecule has 0 bridgehead atoms. The lowest BCUT2D eigenvalue weighted by Gasteiger charge is -2.25. The summed E-state index contributed by atoms with van der Waals surface area (Å²) in [5, 5.41) is 16.8. The van der Waals surface area contributed by atoms with Crippen LogP contribution >= 0.6 is 27.3 Å². The summed E-state index contributed by atoms with van der Waals surface area (Å²) >= 11 is 4.71. The second-order valence-electron chi connectivity index (χ2n) is 8.81. The van der Waals surface area contributed by atoms with Crippen LogP contribution in [0.15, 0.2) is 81.2 Å². The Labute approximate surface area is 236 Å². The number of thiazole rings is 1. The third kappa shape index (κ3) is 5.91. The van der Waals surface area contributed by atoms with Crippen LogP contribution in [0.1, 0.15) is 35.2 Å². The number of hydrogen-bond donors (Lipinski definition) is 0. The Bertz CT molecular complexity index is 1670. The van der Waals surface area contributed by atoms with Gasteiger partial charge in [0.25, 0.3) is 11.6 Å². The Morgan fingerprint density at radius 2 is 1.74 bits per heavy atom. The molecule has 0 aliphatic carbocycles. The van der Waals surface area contributed by atoms with Crippen LogP contribution < -0.4 is 5.01 Å². The van der Waals surface area contributed by atoms with Gasteiger partial charge in [-0.05, 0) is 73.0 Å². The summed E-state index contributed by atoms with van der Waals surface area (Å²) in [6.07, 6.45) is 4.09. The van der Waals surface area contributed by atoms with Crippen molar-refractivity contribution in [1.82, 2.24) is 9.29 Å². The minimum absolute atomic E-state index is 0.0589. The van der Waals surface area contributed by atoms with E-state index >= 15 is 0 Å². The first-order chi connectivity index (χ1) is 18.7. The number of halogens is 1. The van der Waals surface area contributed by atoms with E-state index in [-0.39, 0.29) is 16.1 Å². The van der Waals surface area contributed by atoms with Crippen LogP contribution in [0.2, 0.25) is 0 Å². The van der Waals surface area contributed by atoms with E-state index in [1.54, 1.807) is 0 Å². The summed E-state index contributed by atoms with van der Waals surface area (Å²) in [6.45, 7) is 0.976. The number of sulfonamides is 1. The van der Waals surface area contributed by atoms with Crippen LogP contribution in [0.4, 0.5) is 10.8 Å². The third-order valence-electron chi connectivity index (χ3n) is 6.19. The molecule has 0 N–H and O–H groups in total. The van der Waals surface area contributed by atoms with Crippen LogP contribution in [0.5, 0.6) is 0 Å². The van der Waals surface area contributed by atoms with Crippen LogP contribution in [-0.2, 0) is 10.0 Å². The van der Waals surface area contributed by atoms with Gasteiger partial charge in [0.05, 0.1) is 26.3 Å². The number of non-ortho nitro benzene ring substituents is 1. The summed E-state index contributed by atoms with van der Waals surface area (Å²) in [4.78, 5) is 28.8. The maximum absolute atomic E-state index is 13.6. The lowest BCUT2D eigenvalue weighted by atomic mass is 10.2. The van der Waals surface area contributed by atoms with Crippen molar-refractivity contribution in [3.63, 3.8) is 0 Å². The molecular weight excluding hydrogens is 606 g/mol. The molecule has 1 aromatic heterocycles. The molecule has 1 amide bonds. The van der Waals surface area contributed by atoms with Crippen molar-refractivity contribution < 1.29 is 18.1 Å². The van der Waals surface area contributed by atoms with E-state index in [0.29, 0.717) is 29.3 Å². The molecule has 0 radical (unpaired) electrons. The van der Waals surface area contributed by atoms with E-state index in [2.05, 4.69) is 26.0 Å². The van der Waals surface area contributed by atoms with Gasteiger partial charge < -0.3 is 0 Å². The molecule has 2 heterocycles. The molecule has 13 heteroatoms. The van der Waals surface area contributed by atoms with Crippen molar-refractivity contribution in [2.45, 2.75) is 24.2 Å². The van der Waals surface area contributed by atoms with Crippen LogP contribution in [0.3, 0.4) is 0 Å². The van der Waals surface area contributed by atoms with Crippen molar-refractivity contribution in [2.75, 3.05) is 18.1 Å². The van der Waals surface area contributed by atoms with Gasteiger partial charge in [-0.15, -0.1) is 0 Å². The fraction of sp³-hybridized carbons (Fsp3) is 0.192. The van der Waals surface area contributed by atoms with Gasteiger partial charge in [0.2, 0.25) is 15.2 Å². The molecule has 5 rings (SSSR count). The Kier molecular flexibility index (Phi) is 7.84. The molecule has 4 aromatic rings. The fourth-order valence-corrected chi connectivity index (χ4v) is 7.11. The first-order valence-electron chi connectivity index (χ1n) is 12.0. The number of piperidine rings is 1. The van der Waals surface area contributed by atoms with Gasteiger partial charge in [0.15, 0.2) is 0 Å². The normalized spacial score (nSPS) is 14.6. The van der Waals surface area contributed by atoms with Gasteiger partial charge in [-0.2, -0.15) is 14.4 Å². The van der Waals surface area contributed by atoms with E-state index in [1.165, 1.54) is 70.4 Å². The van der Waals surface area contributed by atoms with Crippen LogP contribution in [0, 0.1) is 10.1 Å². The smallest absolute Gasteiger partial charge is 0.267 e. The summed E-state index contributed by atoms with van der Waals surface area (Å²) in [5.74, 6) is -0.506. The fourth-order valence-electron chi connectivity index (χ4n) is 4.12. The molecule has 1 aliphatic rings. The highest BCUT2D eigenvalue weighted by Crippen LogP contribution is 2.32. The average Bonchev–Trinajstić information content (AvgIpc) is 3.36. The van der Waals surface area contributed by atoms with Crippen LogP contribution in [0.25, 0.3) is 10.2 Å². The molecule has 0 atom stereocenters. The number of nitro groups is 1. The van der Waals surface area contributed by atoms with E-state index in [4.69, 9.17) is 0 Å². The van der Waals surface area contributed by atoms with Gasteiger partial charge >= 0.3 is 0 Å². The highest BCUT2D eigenvalue weighted by atomic mass is 79.9. The largest absolute Gasteiger partial charge is 0.280 e. The first-order valence-corrected chi connectivity index (χ1v) is 15.1. The number of rotatable bonds is 7. The summed E-state index contributed by atoms with van der Waals surface area (Å²) in [6, 6.07) is 17.1. The minimum atomic E-state index is -3.64. The second-order valence-corrected chi connectivity index (χ2v) is 12.7. The van der Waals surface area contributed by atoms with Gasteiger partial charge in [-0.3, -0.25) is 14.9 Å². The van der Waals surface area contributed by atoms with E-state index < -0.39 is 20.9 Å².